The van der Waals surface area contributed by atoms with Crippen LogP contribution in [0, 0.1) is 0 Å². The minimum Gasteiger partial charge on any atom is -0.450 e. The van der Waals surface area contributed by atoms with Crippen LogP contribution in [0.5, 0.6) is 0 Å². The van der Waals surface area contributed by atoms with Crippen molar-refractivity contribution in [3.8, 4) is 0 Å². The molecule has 6 fully saturated rings. The number of phosphoric ester groups is 3. The van der Waals surface area contributed by atoms with Crippen LogP contribution >= 0.6 is 94.4 Å². The maximum absolute atomic E-state index is 11.6. The van der Waals surface area contributed by atoms with Gasteiger partial charge in [-0.2, -0.15) is 25.9 Å². The Labute approximate surface area is 412 Å². The molecule has 6 rings (SSSR count). The first kappa shape index (κ1) is 64.6. The molecule has 40 nitrogen and oxygen atoms in total. The summed E-state index contributed by atoms with van der Waals surface area (Å²) in [5.41, 5.74) is 0. The maximum Gasteiger partial charge on any atom is 0.509 e. The van der Waals surface area contributed by atoms with Gasteiger partial charge >= 0.3 is 87.1 Å². The Morgan fingerprint density at radius 2 is 0.736 bits per heavy atom. The molecule has 0 bridgehead atoms. The molecule has 6 saturated heterocycles. The third kappa shape index (κ3) is 21.0. The van der Waals surface area contributed by atoms with Gasteiger partial charge in [-0.05, 0) is 11.8 Å². The third-order valence-corrected chi connectivity index (χ3v) is 20.6. The minimum absolute atomic E-state index is 0.202. The summed E-state index contributed by atoms with van der Waals surface area (Å²) < 4.78 is 174. The Morgan fingerprint density at radius 1 is 0.431 bits per heavy atom. The van der Waals surface area contributed by atoms with Crippen molar-refractivity contribution in [1.29, 1.82) is 0 Å². The average molecular weight is 1260 g/mol. The first-order valence-corrected chi connectivity index (χ1v) is 32.4. The second-order valence-electron chi connectivity index (χ2n) is 13.3. The van der Waals surface area contributed by atoms with Crippen LogP contribution in [0.15, 0.2) is 0 Å². The monoisotopic (exact) mass is 1260 g/mol. The Hall–Kier alpha value is 0.0848. The average Bonchev–Trinajstić information content (AvgIpc) is 3.96. The van der Waals surface area contributed by atoms with E-state index in [1.165, 1.54) is 0 Å². The van der Waals surface area contributed by atoms with Crippen LogP contribution in [0.25, 0.3) is 0 Å². The van der Waals surface area contributed by atoms with Gasteiger partial charge in [0.1, 0.15) is 48.0 Å². The molecule has 18 atom stereocenters. The molecule has 0 aliphatic carbocycles. The van der Waals surface area contributed by atoms with Gasteiger partial charge in [-0.3, -0.25) is 13.6 Å². The molecule has 6 radical (unpaired) electrons. The fourth-order valence-electron chi connectivity index (χ4n) is 5.66. The first-order valence-electron chi connectivity index (χ1n) is 17.5. The van der Waals surface area contributed by atoms with Gasteiger partial charge < -0.3 is 96.6 Å². The number of thioether (sulfide) groups is 1. The lowest BCUT2D eigenvalue weighted by Crippen LogP contribution is -2.31. The van der Waals surface area contributed by atoms with E-state index >= 15 is 0 Å². The number of thiocarbonyl (C=S) groups is 1. The highest BCUT2D eigenvalue weighted by atomic mass is 32.2. The lowest BCUT2D eigenvalue weighted by atomic mass is 9.93. The van der Waals surface area contributed by atoms with Crippen LogP contribution in [0.4, 0.5) is 9.59 Å². The molecule has 6 heterocycles. The van der Waals surface area contributed by atoms with E-state index in [0.717, 1.165) is 11.8 Å². The van der Waals surface area contributed by atoms with E-state index in [1.807, 2.05) is 0 Å². The second kappa shape index (κ2) is 24.2. The standard InChI is InChI=1S/C6H10BO14P3.2C6H10BO13P3S/c7-5-4-3(18-6(8)19-4)2(17-5)1-16-23(12,13)21-24(14,15)20-22(9,10)11;7-5-4-3(17-6(24)18-4)2(16-5)1-15-22(11,12)20-23(13,14)19-21(8,9)10;7-5-4-3(18-6(8)24-4)2(17-5)1-16-22(12,13)20-23(14,15)19-21(9,10)11/h2-5H,1H2,(H,12,13)(H,14,15)(H2,9,10,11);2-5H,1H2,(H,11,12)(H,13,14)(H2,8,9,10);2-5H,1H2,(H,12,13)(H,14,15)(H2,9,10,11). The number of hydrogen-bond acceptors (Lipinski definition) is 30. The molecule has 0 aromatic heterocycles. The fourth-order valence-corrected chi connectivity index (χ4v) is 15.9. The van der Waals surface area contributed by atoms with E-state index in [0.29, 0.717) is 0 Å². The zero-order valence-electron chi connectivity index (χ0n) is 33.9. The summed E-state index contributed by atoms with van der Waals surface area (Å²) in [6.07, 6.45) is -8.82. The summed E-state index contributed by atoms with van der Waals surface area (Å²) in [7, 11) is -32.4. The molecule has 0 aromatic carbocycles. The van der Waals surface area contributed by atoms with Gasteiger partial charge in [0.2, 0.25) is 0 Å². The highest BCUT2D eigenvalue weighted by molar-refractivity contribution is 8.14. The van der Waals surface area contributed by atoms with Crippen LogP contribution in [0.2, 0.25) is 0 Å². The normalized spacial score (nSPS) is 34.9. The third-order valence-electron chi connectivity index (χ3n) is 7.89. The number of carbonyl (C=O) groups excluding carboxylic acids is 2. The number of fused-ring (bicyclic) bond motifs is 3. The van der Waals surface area contributed by atoms with Crippen molar-refractivity contribution in [2.45, 2.75) is 72.1 Å². The Balaban J connectivity index is 0.000000234. The molecule has 6 aliphatic rings. The van der Waals surface area contributed by atoms with Crippen LogP contribution in [-0.4, -0.2) is 191 Å². The van der Waals surface area contributed by atoms with Gasteiger partial charge in [0, 0.05) is 18.2 Å². The minimum atomic E-state index is -5.62. The van der Waals surface area contributed by atoms with Gasteiger partial charge in [-0.25, -0.2) is 50.7 Å². The quantitative estimate of drug-likeness (QED) is 0.0263. The van der Waals surface area contributed by atoms with Crippen molar-refractivity contribution in [3.05, 3.63) is 0 Å². The number of carbonyl (C=O) groups is 2. The molecular formula is C18H30B3O40P9S2. The molecule has 0 amide bonds. The van der Waals surface area contributed by atoms with Crippen LogP contribution in [0.3, 0.4) is 0 Å². The highest BCUT2D eigenvalue weighted by Crippen LogP contribution is 2.68. The second-order valence-corrected chi connectivity index (χ2v) is 28.0. The number of hydrogen-bond donors (Lipinski definition) is 12. The summed E-state index contributed by atoms with van der Waals surface area (Å²) in [6, 6.07) is -2.98. The summed E-state index contributed by atoms with van der Waals surface area (Å²) in [4.78, 5) is 127. The van der Waals surface area contributed by atoms with Crippen LogP contribution in [-0.2, 0) is 118 Å². The predicted octanol–water partition coefficient (Wildman–Crippen LogP) is -1.74. The molecule has 0 saturated carbocycles. The molecule has 54 heteroatoms. The van der Waals surface area contributed by atoms with Gasteiger partial charge in [0.25, 0.3) is 0 Å². The van der Waals surface area contributed by atoms with Crippen LogP contribution < -0.4 is 0 Å². The number of rotatable bonds is 21. The van der Waals surface area contributed by atoms with Gasteiger partial charge in [0.05, 0.1) is 37.1 Å². The molecule has 18 unspecified atom stereocenters. The molecule has 0 aromatic rings. The topological polar surface area (TPSA) is 587 Å². The summed E-state index contributed by atoms with van der Waals surface area (Å²) in [5.74, 6) is 0. The summed E-state index contributed by atoms with van der Waals surface area (Å²) in [5, 5.41) is -1.38. The predicted molar refractivity (Wildman–Crippen MR) is 222 cm³/mol. The highest BCUT2D eigenvalue weighted by Gasteiger charge is 2.55. The summed E-state index contributed by atoms with van der Waals surface area (Å²) >= 11 is 5.45. The van der Waals surface area contributed by atoms with Crippen molar-refractivity contribution in [2.24, 2.45) is 0 Å². The fraction of sp³-hybridized carbons (Fsp3) is 0.833. The maximum atomic E-state index is 11.6. The van der Waals surface area contributed by atoms with E-state index in [2.05, 4.69) is 56.4 Å². The van der Waals surface area contributed by atoms with E-state index in [-0.39, 0.29) is 5.24 Å². The molecule has 72 heavy (non-hydrogen) atoms. The summed E-state index contributed by atoms with van der Waals surface area (Å²) in [6.45, 7) is -2.23. The van der Waals surface area contributed by atoms with Gasteiger partial charge in [-0.15, -0.1) is 0 Å². The number of ether oxygens (including phenoxy) is 8. The SMILES string of the molecule is [B]C1OC(COP(=O)(O)OP(=O)(O)OP(=O)(O)O)C2OC(=O)OC12.[B]C1OC(COP(=O)(O)OP(=O)(O)OP(=O)(O)O)C2OC(=O)SC12.[B]C1OC(COP(=O)(O)OP(=O)(O)OP(=O)(O)O)C2OC(=S)OC12. The van der Waals surface area contributed by atoms with Gasteiger partial charge in [-0.1, -0.05) is 0 Å². The van der Waals surface area contributed by atoms with E-state index in [4.69, 9.17) is 101 Å². The number of phosphoric acid groups is 9. The van der Waals surface area contributed by atoms with E-state index in [1.54, 1.807) is 0 Å². The Bertz CT molecular complexity index is 2210. The zero-order valence-corrected chi connectivity index (χ0v) is 43.6. The Morgan fingerprint density at radius 3 is 1.11 bits per heavy atom. The van der Waals surface area contributed by atoms with Crippen molar-refractivity contribution in [1.82, 2.24) is 0 Å². The van der Waals surface area contributed by atoms with Crippen molar-refractivity contribution < 1.29 is 187 Å². The smallest absolute Gasteiger partial charge is 0.450 e. The molecular weight excluding hydrogens is 1230 g/mol. The molecule has 408 valence electrons. The van der Waals surface area contributed by atoms with E-state index in [9.17, 15) is 65.4 Å². The molecule has 0 spiro atoms. The first-order chi connectivity index (χ1) is 32.3. The lowest BCUT2D eigenvalue weighted by molar-refractivity contribution is -0.0185. The zero-order chi connectivity index (χ0) is 55.0. The van der Waals surface area contributed by atoms with Crippen LogP contribution in [0.1, 0.15) is 0 Å². The molecule has 12 N–H and O–H groups in total. The molecule has 6 aliphatic heterocycles. The van der Waals surface area contributed by atoms with E-state index < -0.39 is 174 Å². The van der Waals surface area contributed by atoms with Gasteiger partial charge in [0.15, 0.2) is 24.4 Å². The van der Waals surface area contributed by atoms with Crippen molar-refractivity contribution in [3.63, 3.8) is 0 Å². The van der Waals surface area contributed by atoms with Crippen molar-refractivity contribution >= 4 is 135 Å². The Kier molecular flexibility index (Phi) is 21.7. The van der Waals surface area contributed by atoms with Crippen molar-refractivity contribution in [2.75, 3.05) is 19.8 Å². The largest absolute Gasteiger partial charge is 0.509 e. The lowest BCUT2D eigenvalue weighted by Gasteiger charge is -2.19.